The number of nitrogens with zero attached hydrogens (tertiary/aromatic N) is 4. The van der Waals surface area contributed by atoms with E-state index in [0.29, 0.717) is 23.5 Å². The van der Waals surface area contributed by atoms with E-state index in [4.69, 9.17) is 10.8 Å². The number of fused-ring (bicyclic) bond motifs is 2. The first-order valence-electron chi connectivity index (χ1n) is 14.0. The number of aromatic nitrogens is 1. The molecule has 2 aliphatic heterocycles. The predicted octanol–water partition coefficient (Wildman–Crippen LogP) is 5.27. The lowest BCUT2D eigenvalue weighted by atomic mass is 10.1. The molecule has 3 N–H and O–H groups in total. The summed E-state index contributed by atoms with van der Waals surface area (Å²) >= 11 is 0. The molecule has 8 heteroatoms. The Labute approximate surface area is 240 Å². The zero-order valence-corrected chi connectivity index (χ0v) is 22.9. The van der Waals surface area contributed by atoms with Crippen LogP contribution in [0.25, 0.3) is 0 Å². The Kier molecular flexibility index (Phi) is 7.56. The van der Waals surface area contributed by atoms with Gasteiger partial charge >= 0.3 is 0 Å². The number of nitrogens with one attached hydrogen (secondary N) is 3. The third kappa shape index (κ3) is 5.73. The van der Waals surface area contributed by atoms with Crippen LogP contribution in [0.3, 0.4) is 0 Å². The Hall–Kier alpha value is -4.82. The number of hydrogen-bond donors (Lipinski definition) is 3. The average molecular weight is 544 g/mol. The quantitative estimate of drug-likeness (QED) is 0.227. The highest BCUT2D eigenvalue weighted by molar-refractivity contribution is 6.30. The number of para-hydroxylation sites is 1. The van der Waals surface area contributed by atoms with Crippen LogP contribution in [0.1, 0.15) is 28.7 Å². The van der Waals surface area contributed by atoms with Crippen molar-refractivity contribution in [1.82, 2.24) is 14.8 Å². The minimum Gasteiger partial charge on any atom is -0.340 e. The van der Waals surface area contributed by atoms with Gasteiger partial charge in [0.2, 0.25) is 5.91 Å². The van der Waals surface area contributed by atoms with Crippen molar-refractivity contribution in [1.29, 1.82) is 10.8 Å². The molecular formula is C33H33N7O. The van der Waals surface area contributed by atoms with Gasteiger partial charge < -0.3 is 10.2 Å². The molecule has 0 spiro atoms. The molecule has 0 aliphatic carbocycles. The zero-order valence-electron chi connectivity index (χ0n) is 22.9. The number of rotatable bonds is 6. The summed E-state index contributed by atoms with van der Waals surface area (Å²) in [6, 6.07) is 29.5. The van der Waals surface area contributed by atoms with Crippen LogP contribution in [0.5, 0.6) is 0 Å². The maximum atomic E-state index is 12.7. The Balaban J connectivity index is 1.08. The molecule has 0 atom stereocenters. The summed E-state index contributed by atoms with van der Waals surface area (Å²) in [5, 5.41) is 21.4. The van der Waals surface area contributed by atoms with Gasteiger partial charge in [0.05, 0.1) is 11.4 Å². The number of anilines is 3. The first-order chi connectivity index (χ1) is 20.1. The molecule has 8 nitrogen and oxygen atoms in total. The van der Waals surface area contributed by atoms with Crippen LogP contribution < -0.4 is 10.2 Å². The highest BCUT2D eigenvalue weighted by atomic mass is 16.2. The van der Waals surface area contributed by atoms with Gasteiger partial charge in [-0.2, -0.15) is 0 Å². The lowest BCUT2D eigenvalue weighted by Gasteiger charge is -2.35. The number of hydrogen-bond acceptors (Lipinski definition) is 6. The van der Waals surface area contributed by atoms with Crippen LogP contribution >= 0.6 is 0 Å². The van der Waals surface area contributed by atoms with Gasteiger partial charge in [-0.1, -0.05) is 66.7 Å². The summed E-state index contributed by atoms with van der Waals surface area (Å²) in [5.74, 6) is 1.29. The topological polar surface area (TPSA) is 99.4 Å². The van der Waals surface area contributed by atoms with E-state index in [1.54, 1.807) is 11.1 Å². The fraction of sp³-hybridized carbons (Fsp3) is 0.212. The molecule has 41 heavy (non-hydrogen) atoms. The molecule has 0 saturated carbocycles. The van der Waals surface area contributed by atoms with E-state index in [2.05, 4.69) is 39.5 Å². The van der Waals surface area contributed by atoms with E-state index in [-0.39, 0.29) is 17.6 Å². The molecule has 0 bridgehead atoms. The van der Waals surface area contributed by atoms with Crippen LogP contribution in [0.15, 0.2) is 97.2 Å². The van der Waals surface area contributed by atoms with Crippen molar-refractivity contribution in [2.75, 3.05) is 36.4 Å². The van der Waals surface area contributed by atoms with E-state index in [1.807, 2.05) is 71.6 Å². The van der Waals surface area contributed by atoms with Gasteiger partial charge in [-0.3, -0.25) is 25.4 Å². The second-order valence-corrected chi connectivity index (χ2v) is 10.4. The minimum atomic E-state index is 0.219. The second-order valence-electron chi connectivity index (χ2n) is 10.4. The van der Waals surface area contributed by atoms with Crippen molar-refractivity contribution < 1.29 is 4.79 Å². The molecule has 4 aromatic rings. The first kappa shape index (κ1) is 26.4. The van der Waals surface area contributed by atoms with E-state index in [9.17, 15) is 4.79 Å². The molecule has 3 heterocycles. The Bertz CT molecular complexity index is 1560. The summed E-state index contributed by atoms with van der Waals surface area (Å²) < 4.78 is 0. The molecule has 3 aromatic carbocycles. The minimum absolute atomic E-state index is 0.219. The molecule has 0 unspecified atom stereocenters. The Morgan fingerprint density at radius 2 is 1.56 bits per heavy atom. The van der Waals surface area contributed by atoms with Gasteiger partial charge in [0.1, 0.15) is 11.7 Å². The van der Waals surface area contributed by atoms with Crippen molar-refractivity contribution in [3.05, 3.63) is 119 Å². The van der Waals surface area contributed by atoms with Gasteiger partial charge in [0, 0.05) is 56.5 Å². The van der Waals surface area contributed by atoms with Crippen LogP contribution in [0.4, 0.5) is 17.2 Å². The molecule has 6 rings (SSSR count). The third-order valence-electron chi connectivity index (χ3n) is 7.74. The number of benzene rings is 3. The van der Waals surface area contributed by atoms with Gasteiger partial charge in [-0.05, 0) is 41.8 Å². The second kappa shape index (κ2) is 11.7. The summed E-state index contributed by atoms with van der Waals surface area (Å²) in [7, 11) is 0. The number of piperazine rings is 1. The number of aryl methyl sites for hydroxylation is 1. The molecule has 0 radical (unpaired) electrons. The maximum Gasteiger partial charge on any atom is 0.222 e. The van der Waals surface area contributed by atoms with Crippen LogP contribution in [-0.4, -0.2) is 58.5 Å². The third-order valence-corrected chi connectivity index (χ3v) is 7.74. The maximum absolute atomic E-state index is 12.7. The van der Waals surface area contributed by atoms with E-state index < -0.39 is 0 Å². The van der Waals surface area contributed by atoms with Gasteiger partial charge in [0.25, 0.3) is 0 Å². The SMILES string of the molecule is N=C(c1ccc(CN2CCN(C(=O)CCc3ccccc3)CC2)cc1)N1C(=N)c2ccccc2Nc2ncccc21. The van der Waals surface area contributed by atoms with Gasteiger partial charge in [-0.15, -0.1) is 0 Å². The lowest BCUT2D eigenvalue weighted by molar-refractivity contribution is -0.133. The van der Waals surface area contributed by atoms with E-state index >= 15 is 0 Å². The van der Waals surface area contributed by atoms with Gasteiger partial charge in [0.15, 0.2) is 5.82 Å². The molecule has 1 fully saturated rings. The molecule has 1 aromatic heterocycles. The number of pyridine rings is 1. The van der Waals surface area contributed by atoms with Crippen LogP contribution in [0, 0.1) is 10.8 Å². The highest BCUT2D eigenvalue weighted by Crippen LogP contribution is 2.34. The van der Waals surface area contributed by atoms with Gasteiger partial charge in [-0.25, -0.2) is 4.98 Å². The number of carbonyl (C=O) groups excluding carboxylic acids is 1. The molecular weight excluding hydrogens is 510 g/mol. The van der Waals surface area contributed by atoms with Crippen molar-refractivity contribution in [3.8, 4) is 0 Å². The first-order valence-corrected chi connectivity index (χ1v) is 14.0. The normalized spacial score (nSPS) is 15.0. The molecule has 206 valence electrons. The molecule has 1 saturated heterocycles. The smallest absolute Gasteiger partial charge is 0.222 e. The van der Waals surface area contributed by atoms with Crippen LogP contribution in [0.2, 0.25) is 0 Å². The Morgan fingerprint density at radius 3 is 2.34 bits per heavy atom. The Morgan fingerprint density at radius 1 is 0.829 bits per heavy atom. The van der Waals surface area contributed by atoms with Crippen molar-refractivity contribution >= 4 is 34.8 Å². The largest absolute Gasteiger partial charge is 0.340 e. The highest BCUT2D eigenvalue weighted by Gasteiger charge is 2.28. The zero-order chi connectivity index (χ0) is 28.2. The monoisotopic (exact) mass is 543 g/mol. The average Bonchev–Trinajstić information content (AvgIpc) is 3.14. The van der Waals surface area contributed by atoms with E-state index in [1.165, 1.54) is 5.56 Å². The fourth-order valence-electron chi connectivity index (χ4n) is 5.44. The van der Waals surface area contributed by atoms with Crippen LogP contribution in [-0.2, 0) is 17.8 Å². The van der Waals surface area contributed by atoms with E-state index in [0.717, 1.165) is 56.0 Å². The predicted molar refractivity (Wildman–Crippen MR) is 163 cm³/mol. The standard InChI is InChI=1S/C33H33N7O/c34-31(40-29-11-6-18-36-33(29)37-28-10-5-4-9-27(28)32(40)35)26-15-12-25(13-16-26)23-38-19-21-39(22-20-38)30(41)17-14-24-7-2-1-3-8-24/h1-13,15-16,18,34-35H,14,17,19-23H2,(H,36,37). The number of amides is 1. The number of amidine groups is 2. The fourth-order valence-corrected chi connectivity index (χ4v) is 5.44. The summed E-state index contributed by atoms with van der Waals surface area (Å²) in [4.78, 5) is 23.2. The summed E-state index contributed by atoms with van der Waals surface area (Å²) in [5.41, 5.74) is 5.25. The van der Waals surface area contributed by atoms with Crippen molar-refractivity contribution in [3.63, 3.8) is 0 Å². The van der Waals surface area contributed by atoms with Crippen molar-refractivity contribution in [2.45, 2.75) is 19.4 Å². The summed E-state index contributed by atoms with van der Waals surface area (Å²) in [6.45, 7) is 3.97. The lowest BCUT2D eigenvalue weighted by Crippen LogP contribution is -2.48. The molecule has 2 aliphatic rings. The molecule has 1 amide bonds. The van der Waals surface area contributed by atoms with Crippen molar-refractivity contribution in [2.24, 2.45) is 0 Å². The number of carbonyl (C=O) groups is 1. The summed E-state index contributed by atoms with van der Waals surface area (Å²) in [6.07, 6.45) is 3.04.